The smallest absolute Gasteiger partial charge is 0.305 e. The minimum atomic E-state index is -1.97. The standard InChI is InChI=1S/C27H41F3OSi/c1-2-3-16-32-17-14-22(15-18-32)7-5-4-6-21-8-10-23(11-9-21)24-12-13-26(25(28)19-24)31-20-27(29)30/h12-13,19-23,32H,2-11,14-18H2,1H3. The second-order valence-corrected chi connectivity index (χ2v) is 13.7. The first-order valence-corrected chi connectivity index (χ1v) is 15.5. The lowest BCUT2D eigenvalue weighted by Crippen LogP contribution is -2.21. The predicted octanol–water partition coefficient (Wildman–Crippen LogP) is 9.21. The first kappa shape index (κ1) is 25.4. The van der Waals surface area contributed by atoms with Crippen LogP contribution in [0.5, 0.6) is 5.75 Å². The zero-order chi connectivity index (χ0) is 22.8. The van der Waals surface area contributed by atoms with Gasteiger partial charge in [-0.15, -0.1) is 0 Å². The second-order valence-electron chi connectivity index (χ2n) is 10.2. The Morgan fingerprint density at radius 3 is 2.22 bits per heavy atom. The Labute approximate surface area is 194 Å². The summed E-state index contributed by atoms with van der Waals surface area (Å²) in [7, 11) is -0.356. The fourth-order valence-corrected chi connectivity index (χ4v) is 9.66. The highest BCUT2D eigenvalue weighted by Crippen LogP contribution is 2.39. The first-order valence-electron chi connectivity index (χ1n) is 13.0. The van der Waals surface area contributed by atoms with Gasteiger partial charge in [0.2, 0.25) is 0 Å². The zero-order valence-electron chi connectivity index (χ0n) is 19.8. The molecule has 2 aliphatic rings. The van der Waals surface area contributed by atoms with Crippen molar-refractivity contribution in [2.24, 2.45) is 11.8 Å². The Bertz CT molecular complexity index is 703. The Hall–Kier alpha value is -1.23. The van der Waals surface area contributed by atoms with E-state index in [0.717, 1.165) is 30.2 Å². The minimum Gasteiger partial charge on any atom is -0.456 e. The van der Waals surface area contributed by atoms with Crippen LogP contribution in [0, 0.1) is 17.7 Å². The van der Waals surface area contributed by atoms with Gasteiger partial charge in [-0.2, -0.15) is 8.78 Å². The fraction of sp³-hybridized carbons (Fsp3) is 0.704. The van der Waals surface area contributed by atoms with E-state index >= 15 is 0 Å². The molecule has 0 N–H and O–H groups in total. The lowest BCUT2D eigenvalue weighted by Gasteiger charge is -2.30. The van der Waals surface area contributed by atoms with Gasteiger partial charge in [-0.1, -0.05) is 82.5 Å². The molecule has 0 radical (unpaired) electrons. The van der Waals surface area contributed by atoms with E-state index in [4.69, 9.17) is 4.74 Å². The normalized spacial score (nSPS) is 26.0. The molecule has 32 heavy (non-hydrogen) atoms. The molecule has 1 aliphatic heterocycles. The van der Waals surface area contributed by atoms with Crippen molar-refractivity contribution in [3.63, 3.8) is 0 Å². The van der Waals surface area contributed by atoms with Crippen molar-refractivity contribution in [2.45, 2.75) is 108 Å². The van der Waals surface area contributed by atoms with Crippen molar-refractivity contribution in [1.82, 2.24) is 0 Å². The van der Waals surface area contributed by atoms with Crippen molar-refractivity contribution in [1.29, 1.82) is 0 Å². The average molecular weight is 467 g/mol. The number of rotatable bonds is 11. The van der Waals surface area contributed by atoms with Crippen LogP contribution in [-0.2, 0) is 0 Å². The summed E-state index contributed by atoms with van der Waals surface area (Å²) in [6.07, 6.45) is 14.4. The van der Waals surface area contributed by atoms with Crippen LogP contribution in [0.15, 0.2) is 30.5 Å². The molecule has 0 unspecified atom stereocenters. The molecule has 1 nitrogen and oxygen atoms in total. The van der Waals surface area contributed by atoms with Crippen LogP contribution >= 0.6 is 0 Å². The number of ether oxygens (including phenoxy) is 1. The summed E-state index contributed by atoms with van der Waals surface area (Å²) in [6, 6.07) is 9.55. The first-order chi connectivity index (χ1) is 15.5. The minimum absolute atomic E-state index is 0.146. The Balaban J connectivity index is 1.30. The molecule has 0 bridgehead atoms. The number of benzene rings is 1. The molecule has 2 fully saturated rings. The van der Waals surface area contributed by atoms with E-state index in [9.17, 15) is 13.2 Å². The van der Waals surface area contributed by atoms with Gasteiger partial charge < -0.3 is 4.74 Å². The molecular formula is C27H41F3OSi. The third kappa shape index (κ3) is 8.28. The van der Waals surface area contributed by atoms with Crippen molar-refractivity contribution >= 4 is 8.80 Å². The summed E-state index contributed by atoms with van der Waals surface area (Å²) < 4.78 is 43.1. The van der Waals surface area contributed by atoms with Gasteiger partial charge in [-0.25, -0.2) is 4.39 Å². The maximum absolute atomic E-state index is 14.2. The average Bonchev–Trinajstić information content (AvgIpc) is 2.81. The highest BCUT2D eigenvalue weighted by atomic mass is 28.3. The van der Waals surface area contributed by atoms with Crippen LogP contribution in [0.1, 0.15) is 95.5 Å². The van der Waals surface area contributed by atoms with Gasteiger partial charge in [-0.05, 0) is 61.1 Å². The highest BCUT2D eigenvalue weighted by molar-refractivity contribution is 6.58. The number of unbranched alkanes of at least 4 members (excludes halogenated alkanes) is 2. The molecular weight excluding hydrogens is 425 g/mol. The molecule has 3 rings (SSSR count). The summed E-state index contributed by atoms with van der Waals surface area (Å²) in [5.74, 6) is 1.48. The molecule has 0 atom stereocenters. The molecule has 1 saturated carbocycles. The van der Waals surface area contributed by atoms with E-state index < -0.39 is 11.9 Å². The number of hydrogen-bond acceptors (Lipinski definition) is 1. The van der Waals surface area contributed by atoms with Crippen LogP contribution in [0.3, 0.4) is 0 Å². The summed E-state index contributed by atoms with van der Waals surface area (Å²) in [6.45, 7) is 2.32. The summed E-state index contributed by atoms with van der Waals surface area (Å²) >= 11 is 0. The molecule has 1 heterocycles. The predicted molar refractivity (Wildman–Crippen MR) is 130 cm³/mol. The van der Waals surface area contributed by atoms with E-state index in [2.05, 4.69) is 6.92 Å². The van der Waals surface area contributed by atoms with Crippen LogP contribution in [0.25, 0.3) is 0 Å². The van der Waals surface area contributed by atoms with Crippen molar-refractivity contribution in [3.05, 3.63) is 41.9 Å². The van der Waals surface area contributed by atoms with Gasteiger partial charge >= 0.3 is 6.08 Å². The van der Waals surface area contributed by atoms with Gasteiger partial charge in [0.1, 0.15) is 0 Å². The van der Waals surface area contributed by atoms with E-state index in [1.807, 2.05) is 6.07 Å². The summed E-state index contributed by atoms with van der Waals surface area (Å²) in [5, 5.41) is 0. The summed E-state index contributed by atoms with van der Waals surface area (Å²) in [4.78, 5) is 0. The Morgan fingerprint density at radius 1 is 0.969 bits per heavy atom. The molecule has 1 aliphatic carbocycles. The van der Waals surface area contributed by atoms with Gasteiger partial charge in [-0.3, -0.25) is 0 Å². The van der Waals surface area contributed by atoms with Gasteiger partial charge in [0.15, 0.2) is 17.8 Å². The molecule has 0 aromatic heterocycles. The van der Waals surface area contributed by atoms with Crippen LogP contribution in [-0.4, -0.2) is 8.80 Å². The molecule has 0 spiro atoms. The van der Waals surface area contributed by atoms with E-state index in [-0.39, 0.29) is 20.8 Å². The lowest BCUT2D eigenvalue weighted by molar-refractivity contribution is 0.296. The SMILES string of the molecule is CCCC[SiH]1CCC(CCCCC2CCC(c3ccc(OC=C(F)F)c(F)c3)CC2)CC1. The van der Waals surface area contributed by atoms with Crippen LogP contribution < -0.4 is 4.74 Å². The van der Waals surface area contributed by atoms with Gasteiger partial charge in [0, 0.05) is 8.80 Å². The molecule has 1 saturated heterocycles. The highest BCUT2D eigenvalue weighted by Gasteiger charge is 2.24. The molecule has 180 valence electrons. The van der Waals surface area contributed by atoms with Crippen molar-refractivity contribution in [2.75, 3.05) is 0 Å². The van der Waals surface area contributed by atoms with Crippen molar-refractivity contribution in [3.8, 4) is 5.75 Å². The van der Waals surface area contributed by atoms with Crippen molar-refractivity contribution < 1.29 is 17.9 Å². The quantitative estimate of drug-likeness (QED) is 0.179. The number of hydrogen-bond donors (Lipinski definition) is 0. The van der Waals surface area contributed by atoms with Crippen LogP contribution in [0.4, 0.5) is 13.2 Å². The third-order valence-electron chi connectivity index (χ3n) is 7.96. The maximum Gasteiger partial charge on any atom is 0.305 e. The van der Waals surface area contributed by atoms with Crippen LogP contribution in [0.2, 0.25) is 18.1 Å². The fourth-order valence-electron chi connectivity index (χ4n) is 5.93. The number of halogens is 3. The molecule has 1 aromatic carbocycles. The monoisotopic (exact) mass is 466 g/mol. The molecule has 1 aromatic rings. The third-order valence-corrected chi connectivity index (χ3v) is 11.5. The molecule has 5 heteroatoms. The zero-order valence-corrected chi connectivity index (χ0v) is 20.9. The van der Waals surface area contributed by atoms with E-state index in [1.165, 1.54) is 76.3 Å². The molecule has 0 amide bonds. The Morgan fingerprint density at radius 2 is 1.62 bits per heavy atom. The summed E-state index contributed by atoms with van der Waals surface area (Å²) in [5.41, 5.74) is 0.969. The second kappa shape index (κ2) is 13.5. The maximum atomic E-state index is 14.2. The topological polar surface area (TPSA) is 9.23 Å². The lowest BCUT2D eigenvalue weighted by atomic mass is 9.77. The largest absolute Gasteiger partial charge is 0.456 e. The van der Waals surface area contributed by atoms with E-state index in [0.29, 0.717) is 5.92 Å². The Kier molecular flexibility index (Phi) is 10.7. The van der Waals surface area contributed by atoms with Gasteiger partial charge in [0.25, 0.3) is 0 Å². The van der Waals surface area contributed by atoms with E-state index in [1.54, 1.807) is 18.1 Å². The van der Waals surface area contributed by atoms with Gasteiger partial charge in [0.05, 0.1) is 0 Å².